The van der Waals surface area contributed by atoms with Gasteiger partial charge in [-0.2, -0.15) is 0 Å². The Balaban J connectivity index is 1.44. The van der Waals surface area contributed by atoms with Gasteiger partial charge >= 0.3 is 0 Å². The number of rotatable bonds is 11. The molecule has 0 radical (unpaired) electrons. The fraction of sp³-hybridized carbons (Fsp3) is 0.297. The molecule has 0 amide bonds. The number of hydrogen-bond donors (Lipinski definition) is 0. The van der Waals surface area contributed by atoms with Crippen LogP contribution in [0.4, 0.5) is 0 Å². The van der Waals surface area contributed by atoms with E-state index in [2.05, 4.69) is 118 Å². The highest BCUT2D eigenvalue weighted by Gasteiger charge is 2.35. The maximum Gasteiger partial charge on any atom is 0.184 e. The molecule has 2 heterocycles. The van der Waals surface area contributed by atoms with E-state index in [-0.39, 0.29) is 6.29 Å². The predicted octanol–water partition coefficient (Wildman–Crippen LogP) is 9.13. The van der Waals surface area contributed by atoms with Gasteiger partial charge in [-0.15, -0.1) is 11.8 Å². The van der Waals surface area contributed by atoms with E-state index in [1.807, 2.05) is 23.9 Å². The lowest BCUT2D eigenvalue weighted by molar-refractivity contribution is -0.832. The third-order valence-corrected chi connectivity index (χ3v) is 9.70. The minimum Gasteiger partial charge on any atom is -0.346 e. The zero-order valence-corrected chi connectivity index (χ0v) is 25.2. The molecule has 3 unspecified atom stereocenters. The molecule has 0 N–H and O–H groups in total. The van der Waals surface area contributed by atoms with Gasteiger partial charge in [0.1, 0.15) is 11.4 Å². The third-order valence-electron chi connectivity index (χ3n) is 8.29. The number of likely N-dealkylation sites (N-methyl/N-ethyl adjacent to an activating group) is 1. The second-order valence-corrected chi connectivity index (χ2v) is 12.1. The van der Waals surface area contributed by atoms with Crippen LogP contribution in [-0.2, 0) is 9.47 Å². The molecule has 4 aliphatic rings. The highest BCUT2D eigenvalue weighted by Crippen LogP contribution is 2.52. The van der Waals surface area contributed by atoms with Crippen molar-refractivity contribution in [2.75, 3.05) is 26.8 Å². The molecule has 1 saturated heterocycles. The number of thioether (sulfide) groups is 1. The summed E-state index contributed by atoms with van der Waals surface area (Å²) >= 11 is 1.94. The van der Waals surface area contributed by atoms with E-state index in [9.17, 15) is 0 Å². The zero-order valence-electron chi connectivity index (χ0n) is 24.4. The number of ether oxygens (including phenoxy) is 2. The molecule has 1 aromatic rings. The summed E-state index contributed by atoms with van der Waals surface area (Å²) in [5.41, 5.74) is 7.39. The topological polar surface area (TPSA) is 18.5 Å². The number of allylic oxidation sites excluding steroid dienone is 14. The van der Waals surface area contributed by atoms with Gasteiger partial charge in [-0.1, -0.05) is 92.1 Å². The van der Waals surface area contributed by atoms with Crippen LogP contribution in [0.15, 0.2) is 139 Å². The van der Waals surface area contributed by atoms with Crippen LogP contribution in [0.5, 0.6) is 0 Å². The van der Waals surface area contributed by atoms with Crippen molar-refractivity contribution in [2.24, 2.45) is 5.92 Å². The van der Waals surface area contributed by atoms with Gasteiger partial charge in [0, 0.05) is 34.5 Å². The van der Waals surface area contributed by atoms with E-state index in [4.69, 9.17) is 9.47 Å². The first-order valence-corrected chi connectivity index (χ1v) is 15.6. The minimum absolute atomic E-state index is 0.256. The fourth-order valence-electron chi connectivity index (χ4n) is 6.02. The van der Waals surface area contributed by atoms with Crippen molar-refractivity contribution in [2.45, 2.75) is 37.7 Å². The van der Waals surface area contributed by atoms with E-state index < -0.39 is 0 Å². The molecule has 41 heavy (non-hydrogen) atoms. The second kappa shape index (κ2) is 13.7. The Morgan fingerprint density at radius 3 is 2.56 bits per heavy atom. The van der Waals surface area contributed by atoms with Gasteiger partial charge in [0.15, 0.2) is 6.29 Å². The summed E-state index contributed by atoms with van der Waals surface area (Å²) in [6, 6.07) is 8.68. The fourth-order valence-corrected chi connectivity index (χ4v) is 7.50. The smallest absolute Gasteiger partial charge is 0.184 e. The van der Waals surface area contributed by atoms with Crippen molar-refractivity contribution < 1.29 is 14.0 Å². The molecule has 0 bridgehead atoms. The summed E-state index contributed by atoms with van der Waals surface area (Å²) in [5.74, 6) is 0.309. The normalized spacial score (nSPS) is 24.3. The predicted molar refractivity (Wildman–Crippen MR) is 175 cm³/mol. The Morgan fingerprint density at radius 1 is 1.07 bits per heavy atom. The summed E-state index contributed by atoms with van der Waals surface area (Å²) in [4.78, 5) is 1.31. The average molecular weight is 565 g/mol. The summed E-state index contributed by atoms with van der Waals surface area (Å²) < 4.78 is 12.2. The molecule has 3 nitrogen and oxygen atoms in total. The summed E-state index contributed by atoms with van der Waals surface area (Å²) in [6.45, 7) is 12.9. The van der Waals surface area contributed by atoms with Crippen molar-refractivity contribution in [3.05, 3.63) is 150 Å². The first kappa shape index (κ1) is 29.3. The molecule has 4 heteroatoms. The summed E-state index contributed by atoms with van der Waals surface area (Å²) in [7, 11) is 2.34. The molecule has 212 valence electrons. The lowest BCUT2D eigenvalue weighted by Gasteiger charge is -2.37. The Labute approximate surface area is 250 Å². The maximum atomic E-state index is 5.71. The molecule has 1 aromatic carbocycles. The summed E-state index contributed by atoms with van der Waals surface area (Å²) in [6.07, 6.45) is 31.5. The number of nitrogens with zero attached hydrogens (tertiary/aromatic N) is 1. The lowest BCUT2D eigenvalue weighted by Crippen LogP contribution is -2.42. The standard InChI is InChI=1S/C37H42NO2S/c1-5-7-8-14-25-38(4,32-15-10-9-11-16-32)31(6-2)24-19-28(3)35-33-17-12-13-18-34(33)41-36(35)29-20-22-30(23-21-29)37-39-26-27-40-37/h5-10,12-13,15,17-24,33-34,37H,1,3,11,14,16,25-27H2,2,4H3/q+1. The quantitative estimate of drug-likeness (QED) is 0.197. The second-order valence-electron chi connectivity index (χ2n) is 10.9. The van der Waals surface area contributed by atoms with E-state index in [0.717, 1.165) is 41.4 Å². The Kier molecular flexibility index (Phi) is 9.79. The highest BCUT2D eigenvalue weighted by atomic mass is 32.2. The Bertz CT molecular complexity index is 1380. The van der Waals surface area contributed by atoms with Gasteiger partial charge in [-0.05, 0) is 54.4 Å². The van der Waals surface area contributed by atoms with E-state index in [0.29, 0.717) is 24.4 Å². The van der Waals surface area contributed by atoms with Crippen molar-refractivity contribution in [1.82, 2.24) is 0 Å². The maximum absolute atomic E-state index is 5.71. The highest BCUT2D eigenvalue weighted by molar-refractivity contribution is 8.09. The molecule has 5 rings (SSSR count). The van der Waals surface area contributed by atoms with Crippen LogP contribution in [0.25, 0.3) is 4.91 Å². The van der Waals surface area contributed by atoms with Crippen molar-refractivity contribution in [3.63, 3.8) is 0 Å². The van der Waals surface area contributed by atoms with Gasteiger partial charge in [0.25, 0.3) is 0 Å². The lowest BCUT2D eigenvalue weighted by atomic mass is 9.86. The number of hydrogen-bond acceptors (Lipinski definition) is 3. The molecule has 0 spiro atoms. The molecular weight excluding hydrogens is 522 g/mol. The van der Waals surface area contributed by atoms with Crippen LogP contribution in [0.3, 0.4) is 0 Å². The van der Waals surface area contributed by atoms with Crippen molar-refractivity contribution in [3.8, 4) is 0 Å². The first-order chi connectivity index (χ1) is 20.0. The number of fused-ring (bicyclic) bond motifs is 1. The average Bonchev–Trinajstić information content (AvgIpc) is 3.69. The SMILES string of the molecule is C=CC=CCC[N+](C)(C(C=CC(=C)C1=C(c2ccc(C3OCCO3)cc2)SC2C=CC=CC12)=CC)C1=CC=CCC1. The van der Waals surface area contributed by atoms with E-state index >= 15 is 0 Å². The number of benzene rings is 1. The van der Waals surface area contributed by atoms with Gasteiger partial charge < -0.3 is 9.47 Å². The third kappa shape index (κ3) is 6.52. The Hall–Kier alpha value is -3.15. The van der Waals surface area contributed by atoms with Crippen molar-refractivity contribution in [1.29, 1.82) is 0 Å². The van der Waals surface area contributed by atoms with Crippen LogP contribution >= 0.6 is 11.8 Å². The molecule has 2 aliphatic heterocycles. The minimum atomic E-state index is -0.256. The van der Waals surface area contributed by atoms with Crippen LogP contribution in [0, 0.1) is 5.92 Å². The number of quaternary nitrogens is 1. The van der Waals surface area contributed by atoms with Gasteiger partial charge in [-0.3, -0.25) is 4.48 Å². The molecule has 0 saturated carbocycles. The summed E-state index contributed by atoms with van der Waals surface area (Å²) in [5, 5.41) is 0.384. The Morgan fingerprint density at radius 2 is 1.85 bits per heavy atom. The molecular formula is C37H42NO2S+. The first-order valence-electron chi connectivity index (χ1n) is 14.7. The monoisotopic (exact) mass is 564 g/mol. The largest absolute Gasteiger partial charge is 0.346 e. The molecule has 3 atom stereocenters. The van der Waals surface area contributed by atoms with Gasteiger partial charge in [-0.25, -0.2) is 0 Å². The van der Waals surface area contributed by atoms with Gasteiger partial charge in [0.05, 0.1) is 26.8 Å². The van der Waals surface area contributed by atoms with E-state index in [1.54, 1.807) is 0 Å². The van der Waals surface area contributed by atoms with Crippen LogP contribution in [0.1, 0.15) is 43.6 Å². The van der Waals surface area contributed by atoms with Crippen LogP contribution in [0.2, 0.25) is 0 Å². The molecule has 1 fully saturated rings. The van der Waals surface area contributed by atoms with Crippen molar-refractivity contribution >= 4 is 16.7 Å². The molecule has 2 aliphatic carbocycles. The molecule has 0 aromatic heterocycles. The van der Waals surface area contributed by atoms with E-state index in [1.165, 1.54) is 27.4 Å². The van der Waals surface area contributed by atoms with Gasteiger partial charge in [0.2, 0.25) is 0 Å². The van der Waals surface area contributed by atoms with Crippen LogP contribution < -0.4 is 0 Å². The van der Waals surface area contributed by atoms with Crippen LogP contribution in [-0.4, -0.2) is 36.5 Å². The zero-order chi connectivity index (χ0) is 28.7.